The van der Waals surface area contributed by atoms with E-state index in [4.69, 9.17) is 11.6 Å². The van der Waals surface area contributed by atoms with E-state index in [0.29, 0.717) is 41.7 Å². The second-order valence-corrected chi connectivity index (χ2v) is 11.7. The normalized spacial score (nSPS) is 25.9. The van der Waals surface area contributed by atoms with Gasteiger partial charge in [0.2, 0.25) is 27.7 Å². The summed E-state index contributed by atoms with van der Waals surface area (Å²) in [5, 5.41) is 1.02. The van der Waals surface area contributed by atoms with Crippen LogP contribution < -0.4 is 4.72 Å². The second-order valence-electron chi connectivity index (χ2n) is 8.32. The predicted molar refractivity (Wildman–Crippen MR) is 121 cm³/mol. The van der Waals surface area contributed by atoms with Gasteiger partial charge in [-0.1, -0.05) is 11.6 Å². The summed E-state index contributed by atoms with van der Waals surface area (Å²) in [5.41, 5.74) is 0. The summed E-state index contributed by atoms with van der Waals surface area (Å²) in [6, 6.07) is 2.51. The van der Waals surface area contributed by atoms with Crippen molar-refractivity contribution in [3.8, 4) is 0 Å². The third-order valence-electron chi connectivity index (χ3n) is 6.13. The van der Waals surface area contributed by atoms with Crippen molar-refractivity contribution in [2.75, 3.05) is 26.2 Å². The number of rotatable bonds is 6. The molecule has 174 valence electrons. The highest BCUT2D eigenvalue weighted by Crippen LogP contribution is 2.31. The Hall–Kier alpha value is -1.95. The van der Waals surface area contributed by atoms with Crippen molar-refractivity contribution in [2.45, 2.75) is 44.3 Å². The van der Waals surface area contributed by atoms with Crippen molar-refractivity contribution < 1.29 is 22.8 Å². The Balaban J connectivity index is 1.34. The van der Waals surface area contributed by atoms with Crippen molar-refractivity contribution in [3.05, 3.63) is 26.8 Å². The van der Waals surface area contributed by atoms with Crippen molar-refractivity contribution in [3.63, 3.8) is 0 Å². The van der Waals surface area contributed by atoms with Gasteiger partial charge >= 0.3 is 0 Å². The van der Waals surface area contributed by atoms with Gasteiger partial charge in [0.1, 0.15) is 6.04 Å². The number of amides is 3. The summed E-state index contributed by atoms with van der Waals surface area (Å²) < 4.78 is 27.9. The number of hydrogen-bond acceptors (Lipinski definition) is 6. The minimum Gasteiger partial charge on any atom is -0.336 e. The number of likely N-dealkylation sites (tertiary alicyclic amines) is 3. The Kier molecular flexibility index (Phi) is 6.62. The van der Waals surface area contributed by atoms with Crippen LogP contribution >= 0.6 is 22.9 Å². The summed E-state index contributed by atoms with van der Waals surface area (Å²) in [5.74, 6) is -0.537. The maximum absolute atomic E-state index is 12.9. The predicted octanol–water partition coefficient (Wildman–Crippen LogP) is 1.11. The lowest BCUT2D eigenvalue weighted by Gasteiger charge is -2.36. The number of sulfonamides is 1. The van der Waals surface area contributed by atoms with E-state index in [1.54, 1.807) is 21.9 Å². The largest absolute Gasteiger partial charge is 0.336 e. The topological polar surface area (TPSA) is 107 Å². The van der Waals surface area contributed by atoms with Crippen LogP contribution in [0.1, 0.15) is 31.1 Å². The molecule has 0 saturated carbocycles. The molecule has 4 heterocycles. The van der Waals surface area contributed by atoms with Crippen LogP contribution in [0, 0.1) is 0 Å². The van der Waals surface area contributed by atoms with E-state index in [-0.39, 0.29) is 30.4 Å². The molecule has 3 saturated heterocycles. The van der Waals surface area contributed by atoms with Crippen molar-refractivity contribution >= 4 is 56.8 Å². The Morgan fingerprint density at radius 1 is 1.25 bits per heavy atom. The van der Waals surface area contributed by atoms with Gasteiger partial charge in [0.15, 0.2) is 0 Å². The van der Waals surface area contributed by atoms with E-state index in [1.807, 2.05) is 0 Å². The highest BCUT2D eigenvalue weighted by molar-refractivity contribution is 7.92. The van der Waals surface area contributed by atoms with Gasteiger partial charge in [-0.05, 0) is 37.5 Å². The Morgan fingerprint density at radius 3 is 2.59 bits per heavy atom. The summed E-state index contributed by atoms with van der Waals surface area (Å²) >= 11 is 7.10. The summed E-state index contributed by atoms with van der Waals surface area (Å²) in [6.45, 7) is 2.88. The number of piperidine rings is 1. The molecule has 3 amide bonds. The molecular weight excluding hydrogens is 476 g/mol. The summed E-state index contributed by atoms with van der Waals surface area (Å²) in [4.78, 5) is 43.0. The van der Waals surface area contributed by atoms with Crippen LogP contribution in [0.2, 0.25) is 4.34 Å². The molecule has 2 bridgehead atoms. The molecule has 3 fully saturated rings. The van der Waals surface area contributed by atoms with Crippen LogP contribution in [0.15, 0.2) is 17.5 Å². The van der Waals surface area contributed by atoms with Crippen LogP contribution in [0.3, 0.4) is 0 Å². The van der Waals surface area contributed by atoms with Gasteiger partial charge in [0.05, 0.1) is 23.0 Å². The fraction of sp³-hybridized carbons (Fsp3) is 0.550. The first kappa shape index (κ1) is 23.2. The highest BCUT2D eigenvalue weighted by atomic mass is 35.5. The molecule has 12 heteroatoms. The number of halogens is 1. The number of hydrogen-bond donors (Lipinski definition) is 1. The minimum absolute atomic E-state index is 0.0125. The maximum atomic E-state index is 12.9. The monoisotopic (exact) mass is 500 g/mol. The fourth-order valence-electron chi connectivity index (χ4n) is 4.63. The van der Waals surface area contributed by atoms with Crippen molar-refractivity contribution in [2.24, 2.45) is 0 Å². The fourth-order valence-corrected chi connectivity index (χ4v) is 6.70. The zero-order chi connectivity index (χ0) is 23.0. The van der Waals surface area contributed by atoms with Crippen LogP contribution in [0.5, 0.6) is 0 Å². The molecule has 1 aromatic heterocycles. The van der Waals surface area contributed by atoms with Gasteiger partial charge in [-0.2, -0.15) is 4.72 Å². The number of carbonyl (C=O) groups is 3. The molecule has 3 aliphatic rings. The van der Waals surface area contributed by atoms with Gasteiger partial charge in [-0.3, -0.25) is 14.4 Å². The first-order valence-electron chi connectivity index (χ1n) is 10.4. The minimum atomic E-state index is -3.84. The number of nitrogens with one attached hydrogen (secondary N) is 1. The average Bonchev–Trinajstić information content (AvgIpc) is 3.45. The van der Waals surface area contributed by atoms with Gasteiger partial charge in [-0.25, -0.2) is 8.42 Å². The lowest BCUT2D eigenvalue weighted by atomic mass is 10.1. The lowest BCUT2D eigenvalue weighted by molar-refractivity contribution is -0.145. The summed E-state index contributed by atoms with van der Waals surface area (Å²) in [6.07, 6.45) is 3.17. The third kappa shape index (κ3) is 5.00. The number of fused-ring (bicyclic) bond motifs is 2. The molecule has 0 aromatic carbocycles. The van der Waals surface area contributed by atoms with Crippen molar-refractivity contribution in [1.82, 2.24) is 19.4 Å². The van der Waals surface area contributed by atoms with Crippen LogP contribution in [-0.2, 0) is 24.4 Å². The van der Waals surface area contributed by atoms with E-state index in [1.165, 1.54) is 29.2 Å². The number of thiophene rings is 1. The van der Waals surface area contributed by atoms with E-state index < -0.39 is 22.0 Å². The SMILES string of the molecule is CC(=O)N1C[C@@H]2C[C@H]1CN2C(=O)CN1CCC[C@H](NS(=O)(=O)/C=C/c2ccc(Cl)s2)C1=O. The maximum Gasteiger partial charge on any atom is 0.242 e. The van der Waals surface area contributed by atoms with Gasteiger partial charge in [0.25, 0.3) is 0 Å². The molecule has 0 unspecified atom stereocenters. The molecular formula is C20H25ClN4O5S2. The van der Waals surface area contributed by atoms with Crippen LogP contribution in [0.4, 0.5) is 0 Å². The molecule has 1 N–H and O–H groups in total. The molecule has 3 atom stereocenters. The Morgan fingerprint density at radius 2 is 1.97 bits per heavy atom. The molecule has 0 radical (unpaired) electrons. The van der Waals surface area contributed by atoms with E-state index in [9.17, 15) is 22.8 Å². The quantitative estimate of drug-likeness (QED) is 0.629. The molecule has 32 heavy (non-hydrogen) atoms. The Labute approximate surface area is 196 Å². The number of carbonyl (C=O) groups excluding carboxylic acids is 3. The molecule has 0 spiro atoms. The van der Waals surface area contributed by atoms with Crippen LogP contribution in [-0.4, -0.2) is 85.1 Å². The van der Waals surface area contributed by atoms with E-state index in [0.717, 1.165) is 11.8 Å². The van der Waals surface area contributed by atoms with Gasteiger partial charge in [-0.15, -0.1) is 11.3 Å². The molecule has 0 aliphatic carbocycles. The Bertz CT molecular complexity index is 1060. The standard InChI is InChI=1S/C20H25ClN4O5S2/c1-13(26)24-10-15-9-14(24)11-25(15)19(27)12-23-7-2-3-17(20(23)28)22-32(29,30)8-6-16-4-5-18(21)31-16/h4-6,8,14-15,17,22H,2-3,7,9-12H2,1H3/b8-6+/t14-,15-,17-/m0/s1. The zero-order valence-corrected chi connectivity index (χ0v) is 20.0. The van der Waals surface area contributed by atoms with Crippen molar-refractivity contribution in [1.29, 1.82) is 0 Å². The molecule has 3 aliphatic heterocycles. The molecule has 4 rings (SSSR count). The zero-order valence-electron chi connectivity index (χ0n) is 17.6. The van der Waals surface area contributed by atoms with Gasteiger partial charge < -0.3 is 14.7 Å². The molecule has 9 nitrogen and oxygen atoms in total. The third-order valence-corrected chi connectivity index (χ3v) is 8.44. The highest BCUT2D eigenvalue weighted by Gasteiger charge is 2.46. The smallest absolute Gasteiger partial charge is 0.242 e. The van der Waals surface area contributed by atoms with Gasteiger partial charge in [0, 0.05) is 36.8 Å². The lowest BCUT2D eigenvalue weighted by Crippen LogP contribution is -2.56. The van der Waals surface area contributed by atoms with E-state index in [2.05, 4.69) is 4.72 Å². The number of nitrogens with zero attached hydrogens (tertiary/aromatic N) is 3. The first-order chi connectivity index (χ1) is 15.1. The number of piperazine rings is 1. The van der Waals surface area contributed by atoms with E-state index >= 15 is 0 Å². The molecule has 1 aromatic rings. The van der Waals surface area contributed by atoms with Crippen LogP contribution in [0.25, 0.3) is 6.08 Å². The summed E-state index contributed by atoms with van der Waals surface area (Å²) in [7, 11) is -3.84. The first-order valence-corrected chi connectivity index (χ1v) is 13.2. The second kappa shape index (κ2) is 9.12. The average molecular weight is 501 g/mol.